The first-order valence-corrected chi connectivity index (χ1v) is 15.5. The molecule has 232 valence electrons. The summed E-state index contributed by atoms with van der Waals surface area (Å²) < 4.78 is 20.9. The van der Waals surface area contributed by atoms with E-state index in [-0.39, 0.29) is 6.04 Å². The van der Waals surface area contributed by atoms with Crippen LogP contribution < -0.4 is 14.2 Å². The van der Waals surface area contributed by atoms with Crippen LogP contribution >= 0.6 is 0 Å². The lowest BCUT2D eigenvalue weighted by atomic mass is 9.94. The molecule has 0 aliphatic rings. The zero-order valence-electron chi connectivity index (χ0n) is 26.6. The van der Waals surface area contributed by atoms with Crippen molar-refractivity contribution in [1.29, 1.82) is 0 Å². The fraction of sp³-hybridized carbons (Fsp3) is 0.205. The zero-order valence-corrected chi connectivity index (χ0v) is 26.6. The van der Waals surface area contributed by atoms with Crippen LogP contribution in [0, 0.1) is 0 Å². The second kappa shape index (κ2) is 14.1. The molecular weight excluding hydrogens is 572 g/mol. The normalized spacial score (nSPS) is 11.8. The Morgan fingerprint density at radius 2 is 1.15 bits per heavy atom. The minimum atomic E-state index is -0.121. The Kier molecular flexibility index (Phi) is 9.39. The molecule has 0 aliphatic heterocycles. The Balaban J connectivity index is 1.54. The summed E-state index contributed by atoms with van der Waals surface area (Å²) in [5.41, 5.74) is 6.93. The molecule has 0 amide bonds. The third kappa shape index (κ3) is 6.79. The molecule has 1 unspecified atom stereocenters. The largest absolute Gasteiger partial charge is 0.496 e. The number of hydrogen-bond donors (Lipinski definition) is 0. The fourth-order valence-electron chi connectivity index (χ4n) is 5.46. The maximum atomic E-state index is 6.60. The van der Waals surface area contributed by atoms with Crippen LogP contribution in [0.25, 0.3) is 22.5 Å². The Morgan fingerprint density at radius 1 is 0.587 bits per heavy atom. The molecule has 5 aromatic carbocycles. The molecule has 0 fully saturated rings. The van der Waals surface area contributed by atoms with Gasteiger partial charge in [-0.2, -0.15) is 0 Å². The molecule has 46 heavy (non-hydrogen) atoms. The van der Waals surface area contributed by atoms with E-state index in [4.69, 9.17) is 14.2 Å². The Morgan fingerprint density at radius 3 is 1.74 bits per heavy atom. The van der Waals surface area contributed by atoms with Crippen molar-refractivity contribution in [3.63, 3.8) is 0 Å². The summed E-state index contributed by atoms with van der Waals surface area (Å²) in [5, 5.41) is 13.1. The average Bonchev–Trinajstić information content (AvgIpc) is 3.60. The highest BCUT2D eigenvalue weighted by Crippen LogP contribution is 2.45. The number of tetrazole rings is 1. The van der Waals surface area contributed by atoms with E-state index in [0.717, 1.165) is 39.1 Å². The second-order valence-electron chi connectivity index (χ2n) is 11.5. The summed E-state index contributed by atoms with van der Waals surface area (Å²) in [6.45, 7) is 7.22. The molecule has 0 N–H and O–H groups in total. The van der Waals surface area contributed by atoms with Gasteiger partial charge in [-0.3, -0.25) is 0 Å². The SMILES string of the molecule is COc1ccc(C(C)C)cc1-c1cc(-c2nnnn2C(C)c2ccccc2)c(OCc2ccccc2)cc1OCc1ccccc1. The van der Waals surface area contributed by atoms with E-state index in [1.165, 1.54) is 5.56 Å². The van der Waals surface area contributed by atoms with Crippen molar-refractivity contribution in [3.8, 4) is 39.8 Å². The summed E-state index contributed by atoms with van der Waals surface area (Å²) in [7, 11) is 1.69. The predicted octanol–water partition coefficient (Wildman–Crippen LogP) is 8.91. The van der Waals surface area contributed by atoms with Gasteiger partial charge in [0.2, 0.25) is 0 Å². The minimum absolute atomic E-state index is 0.121. The third-order valence-electron chi connectivity index (χ3n) is 8.12. The van der Waals surface area contributed by atoms with Gasteiger partial charge in [0, 0.05) is 17.2 Å². The van der Waals surface area contributed by atoms with Crippen LogP contribution in [0.5, 0.6) is 17.2 Å². The number of methoxy groups -OCH3 is 1. The third-order valence-corrected chi connectivity index (χ3v) is 8.12. The van der Waals surface area contributed by atoms with Gasteiger partial charge in [0.05, 0.1) is 18.7 Å². The first kappa shape index (κ1) is 30.6. The van der Waals surface area contributed by atoms with Crippen molar-refractivity contribution in [2.45, 2.75) is 45.9 Å². The number of ether oxygens (including phenoxy) is 3. The number of aromatic nitrogens is 4. The summed E-state index contributed by atoms with van der Waals surface area (Å²) in [6.07, 6.45) is 0. The zero-order chi connectivity index (χ0) is 31.9. The van der Waals surface area contributed by atoms with E-state index in [1.807, 2.05) is 83.5 Å². The molecule has 0 saturated carbocycles. The molecule has 0 aliphatic carbocycles. The number of nitrogens with zero attached hydrogens (tertiary/aromatic N) is 4. The fourth-order valence-corrected chi connectivity index (χ4v) is 5.46. The van der Waals surface area contributed by atoms with E-state index < -0.39 is 0 Å². The first-order valence-electron chi connectivity index (χ1n) is 15.5. The molecule has 0 spiro atoms. The Labute approximate surface area is 270 Å². The van der Waals surface area contributed by atoms with Gasteiger partial charge >= 0.3 is 0 Å². The lowest BCUT2D eigenvalue weighted by molar-refractivity contribution is 0.291. The van der Waals surface area contributed by atoms with Crippen LogP contribution in [0.15, 0.2) is 121 Å². The quantitative estimate of drug-likeness (QED) is 0.138. The summed E-state index contributed by atoms with van der Waals surface area (Å²) in [6, 6.07) is 40.7. The second-order valence-corrected chi connectivity index (χ2v) is 11.5. The van der Waals surface area contributed by atoms with Crippen molar-refractivity contribution in [2.75, 3.05) is 7.11 Å². The lowest BCUT2D eigenvalue weighted by Crippen LogP contribution is -2.11. The van der Waals surface area contributed by atoms with Crippen LogP contribution in [0.3, 0.4) is 0 Å². The molecule has 0 saturated heterocycles. The highest BCUT2D eigenvalue weighted by atomic mass is 16.5. The maximum Gasteiger partial charge on any atom is 0.186 e. The van der Waals surface area contributed by atoms with Gasteiger partial charge in [-0.05, 0) is 63.7 Å². The molecule has 1 aromatic heterocycles. The predicted molar refractivity (Wildman–Crippen MR) is 181 cm³/mol. The van der Waals surface area contributed by atoms with Gasteiger partial charge < -0.3 is 14.2 Å². The van der Waals surface area contributed by atoms with Gasteiger partial charge in [0.1, 0.15) is 30.5 Å². The lowest BCUT2D eigenvalue weighted by Gasteiger charge is -2.21. The van der Waals surface area contributed by atoms with E-state index >= 15 is 0 Å². The molecule has 1 atom stereocenters. The Bertz CT molecular complexity index is 1870. The van der Waals surface area contributed by atoms with Gasteiger partial charge in [-0.25, -0.2) is 4.68 Å². The van der Waals surface area contributed by atoms with E-state index in [0.29, 0.717) is 36.5 Å². The Hall–Kier alpha value is -5.43. The van der Waals surface area contributed by atoms with Crippen molar-refractivity contribution in [1.82, 2.24) is 20.2 Å². The van der Waals surface area contributed by atoms with Crippen LogP contribution in [-0.2, 0) is 13.2 Å². The van der Waals surface area contributed by atoms with Gasteiger partial charge in [-0.1, -0.05) is 111 Å². The molecule has 7 heteroatoms. The molecule has 1 heterocycles. The standard InChI is InChI=1S/C39H38N4O3/c1-27(2)32-20-21-36(44-4)33(22-32)34-23-35(39-40-41-42-43(39)28(3)31-18-12-7-13-19-31)38(46-26-30-16-10-6-11-17-30)24-37(34)45-25-29-14-8-5-9-15-29/h5-24,27-28H,25-26H2,1-4H3. The van der Waals surface area contributed by atoms with Crippen molar-refractivity contribution in [2.24, 2.45) is 0 Å². The monoisotopic (exact) mass is 610 g/mol. The number of benzene rings is 5. The van der Waals surface area contributed by atoms with Crippen LogP contribution in [0.1, 0.15) is 55.0 Å². The van der Waals surface area contributed by atoms with Crippen LogP contribution in [-0.4, -0.2) is 27.3 Å². The van der Waals surface area contributed by atoms with Gasteiger partial charge in [-0.15, -0.1) is 5.10 Å². The summed E-state index contributed by atoms with van der Waals surface area (Å²) in [5.74, 6) is 2.95. The van der Waals surface area contributed by atoms with E-state index in [1.54, 1.807) is 7.11 Å². The summed E-state index contributed by atoms with van der Waals surface area (Å²) >= 11 is 0. The minimum Gasteiger partial charge on any atom is -0.496 e. The van der Waals surface area contributed by atoms with Gasteiger partial charge in [0.25, 0.3) is 0 Å². The molecule has 6 rings (SSSR count). The van der Waals surface area contributed by atoms with Crippen LogP contribution in [0.2, 0.25) is 0 Å². The highest BCUT2D eigenvalue weighted by Gasteiger charge is 2.24. The van der Waals surface area contributed by atoms with E-state index in [2.05, 4.69) is 78.8 Å². The molecule has 0 radical (unpaired) electrons. The van der Waals surface area contributed by atoms with E-state index in [9.17, 15) is 0 Å². The maximum absolute atomic E-state index is 6.60. The van der Waals surface area contributed by atoms with Crippen molar-refractivity contribution < 1.29 is 14.2 Å². The molecular formula is C39H38N4O3. The number of hydrogen-bond acceptors (Lipinski definition) is 6. The molecule has 7 nitrogen and oxygen atoms in total. The summed E-state index contributed by atoms with van der Waals surface area (Å²) in [4.78, 5) is 0. The molecule has 6 aromatic rings. The topological polar surface area (TPSA) is 71.3 Å². The van der Waals surface area contributed by atoms with Gasteiger partial charge in [0.15, 0.2) is 5.82 Å². The first-order chi connectivity index (χ1) is 22.5. The van der Waals surface area contributed by atoms with Crippen molar-refractivity contribution in [3.05, 3.63) is 144 Å². The van der Waals surface area contributed by atoms with Crippen LogP contribution in [0.4, 0.5) is 0 Å². The highest BCUT2D eigenvalue weighted by molar-refractivity contribution is 5.83. The smallest absolute Gasteiger partial charge is 0.186 e. The molecule has 0 bridgehead atoms. The number of rotatable bonds is 12. The van der Waals surface area contributed by atoms with Crippen molar-refractivity contribution >= 4 is 0 Å². The average molecular weight is 611 g/mol.